The lowest BCUT2D eigenvalue weighted by Crippen LogP contribution is -2.45. The molecule has 2 rings (SSSR count). The van der Waals surface area contributed by atoms with Crippen LogP contribution in [0.15, 0.2) is 24.3 Å². The first-order chi connectivity index (χ1) is 9.70. The molecule has 1 atom stereocenters. The van der Waals surface area contributed by atoms with Gasteiger partial charge in [0.25, 0.3) is 0 Å². The van der Waals surface area contributed by atoms with Crippen molar-refractivity contribution in [2.45, 2.75) is 25.8 Å². The maximum Gasteiger partial charge on any atom is 0.317 e. The number of rotatable bonds is 5. The summed E-state index contributed by atoms with van der Waals surface area (Å²) < 4.78 is 5.57. The molecule has 1 unspecified atom stereocenters. The van der Waals surface area contributed by atoms with Gasteiger partial charge >= 0.3 is 6.03 Å². The fourth-order valence-electron chi connectivity index (χ4n) is 2.43. The molecule has 1 fully saturated rings. The molecule has 0 saturated carbocycles. The van der Waals surface area contributed by atoms with E-state index in [0.29, 0.717) is 13.2 Å². The molecule has 110 valence electrons. The largest absolute Gasteiger partial charge is 0.492 e. The maximum atomic E-state index is 11.9. The van der Waals surface area contributed by atoms with Gasteiger partial charge in [0.05, 0.1) is 19.2 Å². The first-order valence-corrected chi connectivity index (χ1v) is 7.05. The summed E-state index contributed by atoms with van der Waals surface area (Å²) in [5, 5.41) is 12.0. The molecule has 1 aliphatic heterocycles. The van der Waals surface area contributed by atoms with E-state index in [4.69, 9.17) is 4.74 Å². The van der Waals surface area contributed by atoms with E-state index in [1.165, 1.54) is 0 Å². The normalized spacial score (nSPS) is 18.1. The molecule has 0 aromatic heterocycles. The van der Waals surface area contributed by atoms with Gasteiger partial charge in [-0.25, -0.2) is 4.79 Å². The van der Waals surface area contributed by atoms with E-state index in [2.05, 4.69) is 5.32 Å². The highest BCUT2D eigenvalue weighted by Gasteiger charge is 2.27. The molecule has 5 nitrogen and oxygen atoms in total. The van der Waals surface area contributed by atoms with Crippen molar-refractivity contribution in [2.24, 2.45) is 0 Å². The fraction of sp³-hybridized carbons (Fsp3) is 0.533. The molecule has 2 amide bonds. The number of nitrogens with one attached hydrogen (secondary N) is 1. The molecule has 0 bridgehead atoms. The number of likely N-dealkylation sites (tertiary alicyclic amines) is 1. The minimum atomic E-state index is -0.116. The Kier molecular flexibility index (Phi) is 5.24. The molecule has 1 aromatic rings. The van der Waals surface area contributed by atoms with Crippen LogP contribution in [0.1, 0.15) is 18.4 Å². The zero-order valence-corrected chi connectivity index (χ0v) is 11.8. The molecule has 20 heavy (non-hydrogen) atoms. The van der Waals surface area contributed by atoms with Gasteiger partial charge in [0.15, 0.2) is 0 Å². The summed E-state index contributed by atoms with van der Waals surface area (Å²) in [5.74, 6) is 0.814. The second kappa shape index (κ2) is 7.14. The Morgan fingerprint density at radius 2 is 2.40 bits per heavy atom. The molecule has 0 spiro atoms. The van der Waals surface area contributed by atoms with Gasteiger partial charge in [-0.2, -0.15) is 0 Å². The Morgan fingerprint density at radius 1 is 1.55 bits per heavy atom. The average molecular weight is 278 g/mol. The van der Waals surface area contributed by atoms with Crippen molar-refractivity contribution < 1.29 is 14.6 Å². The molecule has 1 aromatic carbocycles. The molecule has 1 saturated heterocycles. The summed E-state index contributed by atoms with van der Waals surface area (Å²) in [6.45, 7) is 3.66. The van der Waals surface area contributed by atoms with Crippen LogP contribution >= 0.6 is 0 Å². The number of ether oxygens (including phenoxy) is 1. The number of carbonyl (C=O) groups excluding carboxylic acids is 1. The number of amides is 2. The predicted molar refractivity (Wildman–Crippen MR) is 76.9 cm³/mol. The number of aryl methyl sites for hydroxylation is 1. The van der Waals surface area contributed by atoms with Crippen molar-refractivity contribution in [1.29, 1.82) is 0 Å². The monoisotopic (exact) mass is 278 g/mol. The van der Waals surface area contributed by atoms with E-state index in [1.807, 2.05) is 31.2 Å². The Hall–Kier alpha value is -1.75. The first-order valence-electron chi connectivity index (χ1n) is 7.05. The van der Waals surface area contributed by atoms with Gasteiger partial charge in [0, 0.05) is 6.54 Å². The van der Waals surface area contributed by atoms with Gasteiger partial charge in [0.1, 0.15) is 12.4 Å². The molecule has 5 heteroatoms. The van der Waals surface area contributed by atoms with Gasteiger partial charge in [0.2, 0.25) is 0 Å². The molecule has 2 N–H and O–H groups in total. The predicted octanol–water partition coefficient (Wildman–Crippen LogP) is 1.54. The van der Waals surface area contributed by atoms with Crippen LogP contribution in [-0.4, -0.2) is 48.4 Å². The van der Waals surface area contributed by atoms with Crippen LogP contribution in [0.2, 0.25) is 0 Å². The standard InChI is InChI=1S/C15H22N2O3/c1-12-4-2-6-14(10-12)20-9-7-16-15(19)17-8-3-5-13(17)11-18/h2,4,6,10,13,18H,3,5,7-9,11H2,1H3,(H,16,19). The van der Waals surface area contributed by atoms with Crippen LogP contribution < -0.4 is 10.1 Å². The number of carbonyl (C=O) groups is 1. The van der Waals surface area contributed by atoms with Crippen molar-refractivity contribution in [2.75, 3.05) is 26.3 Å². The summed E-state index contributed by atoms with van der Waals surface area (Å²) in [6, 6.07) is 7.67. The van der Waals surface area contributed by atoms with Crippen molar-refractivity contribution >= 4 is 6.03 Å². The minimum Gasteiger partial charge on any atom is -0.492 e. The van der Waals surface area contributed by atoms with Crippen LogP contribution in [0, 0.1) is 6.92 Å². The van der Waals surface area contributed by atoms with Crippen molar-refractivity contribution in [3.63, 3.8) is 0 Å². The second-order valence-electron chi connectivity index (χ2n) is 5.07. The number of urea groups is 1. The number of aliphatic hydroxyl groups is 1. The first kappa shape index (κ1) is 14.7. The SMILES string of the molecule is Cc1cccc(OCCNC(=O)N2CCCC2CO)c1. The lowest BCUT2D eigenvalue weighted by Gasteiger charge is -2.23. The average Bonchev–Trinajstić information content (AvgIpc) is 2.92. The number of hydrogen-bond acceptors (Lipinski definition) is 3. The van der Waals surface area contributed by atoms with Crippen LogP contribution in [0.5, 0.6) is 5.75 Å². The van der Waals surface area contributed by atoms with E-state index < -0.39 is 0 Å². The summed E-state index contributed by atoms with van der Waals surface area (Å²) in [4.78, 5) is 13.6. The highest BCUT2D eigenvalue weighted by atomic mass is 16.5. The summed E-state index contributed by atoms with van der Waals surface area (Å²) in [5.41, 5.74) is 1.15. The fourth-order valence-corrected chi connectivity index (χ4v) is 2.43. The molecular formula is C15H22N2O3. The smallest absolute Gasteiger partial charge is 0.317 e. The van der Waals surface area contributed by atoms with E-state index in [0.717, 1.165) is 30.7 Å². The van der Waals surface area contributed by atoms with Crippen LogP contribution in [0.3, 0.4) is 0 Å². The molecule has 1 heterocycles. The molecule has 0 aliphatic carbocycles. The highest BCUT2D eigenvalue weighted by molar-refractivity contribution is 5.74. The van der Waals surface area contributed by atoms with Crippen molar-refractivity contribution in [1.82, 2.24) is 10.2 Å². The number of hydrogen-bond donors (Lipinski definition) is 2. The van der Waals surface area contributed by atoms with E-state index in [-0.39, 0.29) is 18.7 Å². The third-order valence-corrected chi connectivity index (χ3v) is 3.49. The van der Waals surface area contributed by atoms with Crippen LogP contribution in [-0.2, 0) is 0 Å². The second-order valence-corrected chi connectivity index (χ2v) is 5.07. The van der Waals surface area contributed by atoms with Crippen LogP contribution in [0.4, 0.5) is 4.79 Å². The molecule has 1 aliphatic rings. The van der Waals surface area contributed by atoms with Crippen molar-refractivity contribution in [3.8, 4) is 5.75 Å². The summed E-state index contributed by atoms with van der Waals surface area (Å²) >= 11 is 0. The van der Waals surface area contributed by atoms with Gasteiger partial charge in [-0.3, -0.25) is 0 Å². The number of benzene rings is 1. The van der Waals surface area contributed by atoms with Crippen LogP contribution in [0.25, 0.3) is 0 Å². The van der Waals surface area contributed by atoms with Gasteiger partial charge in [-0.05, 0) is 37.5 Å². The van der Waals surface area contributed by atoms with E-state index in [1.54, 1.807) is 4.90 Å². The lowest BCUT2D eigenvalue weighted by atomic mass is 10.2. The summed E-state index contributed by atoms with van der Waals surface area (Å²) in [7, 11) is 0. The molecular weight excluding hydrogens is 256 g/mol. The maximum absolute atomic E-state index is 11.9. The summed E-state index contributed by atoms with van der Waals surface area (Å²) in [6.07, 6.45) is 1.84. The minimum absolute atomic E-state index is 0.0345. The zero-order valence-electron chi connectivity index (χ0n) is 11.8. The number of aliphatic hydroxyl groups excluding tert-OH is 1. The third kappa shape index (κ3) is 3.87. The Morgan fingerprint density at radius 3 is 3.15 bits per heavy atom. The van der Waals surface area contributed by atoms with Gasteiger partial charge in [-0.15, -0.1) is 0 Å². The third-order valence-electron chi connectivity index (χ3n) is 3.49. The molecule has 0 radical (unpaired) electrons. The van der Waals surface area contributed by atoms with E-state index in [9.17, 15) is 9.90 Å². The number of nitrogens with zero attached hydrogens (tertiary/aromatic N) is 1. The highest BCUT2D eigenvalue weighted by Crippen LogP contribution is 2.16. The Bertz CT molecular complexity index is 450. The Labute approximate surface area is 119 Å². The van der Waals surface area contributed by atoms with E-state index >= 15 is 0 Å². The van der Waals surface area contributed by atoms with Gasteiger partial charge < -0.3 is 20.1 Å². The van der Waals surface area contributed by atoms with Gasteiger partial charge in [-0.1, -0.05) is 12.1 Å². The topological polar surface area (TPSA) is 61.8 Å². The zero-order chi connectivity index (χ0) is 14.4. The Balaban J connectivity index is 1.69. The lowest BCUT2D eigenvalue weighted by molar-refractivity contribution is 0.156. The van der Waals surface area contributed by atoms with Crippen molar-refractivity contribution in [3.05, 3.63) is 29.8 Å². The quantitative estimate of drug-likeness (QED) is 0.803.